The molecule has 1 rings (SSSR count). The molecule has 0 aliphatic rings. The Labute approximate surface area is 78.7 Å². The van der Waals surface area contributed by atoms with Gasteiger partial charge in [0.05, 0.1) is 0 Å². The van der Waals surface area contributed by atoms with Crippen LogP contribution in [0.15, 0.2) is 46.9 Å². The van der Waals surface area contributed by atoms with Gasteiger partial charge in [-0.25, -0.2) is 0 Å². The average molecular weight is 178 g/mol. The number of benzene rings is 1. The van der Waals surface area contributed by atoms with Crippen molar-refractivity contribution in [1.82, 2.24) is 0 Å². The van der Waals surface area contributed by atoms with Crippen LogP contribution >= 0.6 is 11.8 Å². The molecule has 0 aliphatic carbocycles. The Balaban J connectivity index is 2.44. The number of thioether (sulfide) groups is 1. The van der Waals surface area contributed by atoms with Gasteiger partial charge in [-0.15, -0.1) is 11.8 Å². The summed E-state index contributed by atoms with van der Waals surface area (Å²) < 4.78 is 0. The van der Waals surface area contributed by atoms with Crippen molar-refractivity contribution in [3.63, 3.8) is 0 Å². The van der Waals surface area contributed by atoms with Crippen molar-refractivity contribution in [3.05, 3.63) is 42.0 Å². The highest BCUT2D eigenvalue weighted by Crippen LogP contribution is 2.19. The Morgan fingerprint density at radius 2 is 2.00 bits per heavy atom. The molecule has 1 aromatic rings. The molecular weight excluding hydrogens is 164 g/mol. The summed E-state index contributed by atoms with van der Waals surface area (Å²) in [6.07, 6.45) is 2.16. The van der Waals surface area contributed by atoms with Crippen LogP contribution in [0.3, 0.4) is 0 Å². The molecule has 1 aromatic carbocycles. The molecule has 0 atom stereocenters. The first-order valence-electron chi connectivity index (χ1n) is 4.12. The van der Waals surface area contributed by atoms with Gasteiger partial charge in [0.2, 0.25) is 0 Å². The Bertz CT molecular complexity index is 249. The maximum absolute atomic E-state index is 2.16. The fraction of sp³-hybridized carbons (Fsp3) is 0.273. The van der Waals surface area contributed by atoms with Gasteiger partial charge in [-0.3, -0.25) is 0 Å². The van der Waals surface area contributed by atoms with E-state index < -0.39 is 0 Å². The molecule has 0 radical (unpaired) electrons. The van der Waals surface area contributed by atoms with Gasteiger partial charge in [-0.2, -0.15) is 0 Å². The Morgan fingerprint density at radius 3 is 2.58 bits per heavy atom. The van der Waals surface area contributed by atoms with Gasteiger partial charge in [0, 0.05) is 10.6 Å². The molecule has 0 N–H and O–H groups in total. The van der Waals surface area contributed by atoms with Crippen LogP contribution in [0, 0.1) is 0 Å². The van der Waals surface area contributed by atoms with Crippen molar-refractivity contribution in [2.75, 3.05) is 5.75 Å². The highest BCUT2D eigenvalue weighted by atomic mass is 32.2. The molecule has 0 aromatic heterocycles. The van der Waals surface area contributed by atoms with E-state index in [0.717, 1.165) is 5.75 Å². The minimum absolute atomic E-state index is 1.10. The molecule has 0 saturated carbocycles. The molecule has 0 amide bonds. The van der Waals surface area contributed by atoms with Gasteiger partial charge < -0.3 is 0 Å². The second-order valence-corrected chi connectivity index (χ2v) is 3.79. The van der Waals surface area contributed by atoms with E-state index in [4.69, 9.17) is 0 Å². The van der Waals surface area contributed by atoms with Crippen molar-refractivity contribution < 1.29 is 0 Å². The first-order valence-corrected chi connectivity index (χ1v) is 5.11. The fourth-order valence-corrected chi connectivity index (χ4v) is 1.71. The minimum atomic E-state index is 1.10. The highest BCUT2D eigenvalue weighted by molar-refractivity contribution is 7.99. The summed E-state index contributed by atoms with van der Waals surface area (Å²) >= 11 is 1.88. The van der Waals surface area contributed by atoms with Crippen LogP contribution in [0.4, 0.5) is 0 Å². The van der Waals surface area contributed by atoms with Gasteiger partial charge in [-0.1, -0.05) is 29.8 Å². The summed E-state index contributed by atoms with van der Waals surface area (Å²) in [5, 5.41) is 0. The van der Waals surface area contributed by atoms with Crippen molar-refractivity contribution in [1.29, 1.82) is 0 Å². The SMILES string of the molecule is CC=C(C)CSc1ccccc1. The van der Waals surface area contributed by atoms with Crippen molar-refractivity contribution in [3.8, 4) is 0 Å². The topological polar surface area (TPSA) is 0 Å². The van der Waals surface area contributed by atoms with Crippen molar-refractivity contribution in [2.24, 2.45) is 0 Å². The molecule has 1 heteroatoms. The van der Waals surface area contributed by atoms with Crippen LogP contribution in [0.5, 0.6) is 0 Å². The van der Waals surface area contributed by atoms with Crippen molar-refractivity contribution in [2.45, 2.75) is 18.7 Å². The molecule has 0 nitrogen and oxygen atoms in total. The Morgan fingerprint density at radius 1 is 1.33 bits per heavy atom. The molecule has 0 saturated heterocycles. The van der Waals surface area contributed by atoms with Gasteiger partial charge in [0.1, 0.15) is 0 Å². The molecule has 64 valence electrons. The van der Waals surface area contributed by atoms with Crippen LogP contribution in [-0.4, -0.2) is 5.75 Å². The summed E-state index contributed by atoms with van der Waals surface area (Å²) in [5.74, 6) is 1.10. The third kappa shape index (κ3) is 3.14. The fourth-order valence-electron chi connectivity index (χ4n) is 0.797. The van der Waals surface area contributed by atoms with Crippen LogP contribution in [0.2, 0.25) is 0 Å². The van der Waals surface area contributed by atoms with Crippen LogP contribution in [0.25, 0.3) is 0 Å². The van der Waals surface area contributed by atoms with E-state index in [9.17, 15) is 0 Å². The molecule has 0 heterocycles. The maximum atomic E-state index is 2.16. The third-order valence-corrected chi connectivity index (χ3v) is 2.91. The molecule has 12 heavy (non-hydrogen) atoms. The van der Waals surface area contributed by atoms with Crippen LogP contribution in [-0.2, 0) is 0 Å². The normalized spacial score (nSPS) is 11.7. The molecule has 0 aliphatic heterocycles. The lowest BCUT2D eigenvalue weighted by Gasteiger charge is -2.00. The van der Waals surface area contributed by atoms with E-state index >= 15 is 0 Å². The van der Waals surface area contributed by atoms with E-state index in [1.807, 2.05) is 17.8 Å². The lowest BCUT2D eigenvalue weighted by molar-refractivity contribution is 1.36. The predicted octanol–water partition coefficient (Wildman–Crippen LogP) is 3.74. The molecule has 0 unspecified atom stereocenters. The van der Waals surface area contributed by atoms with Crippen LogP contribution in [0.1, 0.15) is 13.8 Å². The smallest absolute Gasteiger partial charge is 0.0187 e. The third-order valence-electron chi connectivity index (χ3n) is 1.70. The van der Waals surface area contributed by atoms with Crippen molar-refractivity contribution >= 4 is 11.8 Å². The Kier molecular flexibility index (Phi) is 3.95. The number of rotatable bonds is 3. The molecule has 0 fully saturated rings. The highest BCUT2D eigenvalue weighted by Gasteiger charge is 1.91. The number of allylic oxidation sites excluding steroid dienone is 1. The van der Waals surface area contributed by atoms with E-state index in [1.165, 1.54) is 10.5 Å². The first kappa shape index (κ1) is 9.40. The minimum Gasteiger partial charge on any atom is -0.122 e. The standard InChI is InChI=1S/C11H14S/c1-3-10(2)9-12-11-7-5-4-6-8-11/h3-8H,9H2,1-2H3. The lowest BCUT2D eigenvalue weighted by atomic mass is 10.3. The molecule has 0 spiro atoms. The quantitative estimate of drug-likeness (QED) is 0.502. The van der Waals surface area contributed by atoms with Crippen LogP contribution < -0.4 is 0 Å². The largest absolute Gasteiger partial charge is 0.122 e. The van der Waals surface area contributed by atoms with E-state index in [0.29, 0.717) is 0 Å². The van der Waals surface area contributed by atoms with Gasteiger partial charge in [0.15, 0.2) is 0 Å². The summed E-state index contributed by atoms with van der Waals surface area (Å²) in [5.41, 5.74) is 1.43. The summed E-state index contributed by atoms with van der Waals surface area (Å²) in [4.78, 5) is 1.35. The predicted molar refractivity (Wildman–Crippen MR) is 56.6 cm³/mol. The first-order chi connectivity index (χ1) is 5.83. The number of hydrogen-bond acceptors (Lipinski definition) is 1. The van der Waals surface area contributed by atoms with E-state index in [2.05, 4.69) is 44.2 Å². The summed E-state index contributed by atoms with van der Waals surface area (Å²) in [7, 11) is 0. The summed E-state index contributed by atoms with van der Waals surface area (Å²) in [6.45, 7) is 4.25. The zero-order chi connectivity index (χ0) is 8.81. The monoisotopic (exact) mass is 178 g/mol. The van der Waals surface area contributed by atoms with E-state index in [1.54, 1.807) is 0 Å². The summed E-state index contributed by atoms with van der Waals surface area (Å²) in [6, 6.07) is 10.5. The lowest BCUT2D eigenvalue weighted by Crippen LogP contribution is -1.79. The van der Waals surface area contributed by atoms with Gasteiger partial charge in [-0.05, 0) is 26.0 Å². The maximum Gasteiger partial charge on any atom is 0.0187 e. The zero-order valence-electron chi connectivity index (χ0n) is 7.58. The second-order valence-electron chi connectivity index (χ2n) is 2.74. The van der Waals surface area contributed by atoms with Gasteiger partial charge >= 0.3 is 0 Å². The van der Waals surface area contributed by atoms with E-state index in [-0.39, 0.29) is 0 Å². The Hall–Kier alpha value is -0.690. The number of hydrogen-bond donors (Lipinski definition) is 0. The average Bonchev–Trinajstić information content (AvgIpc) is 2.16. The molecule has 0 bridgehead atoms. The second kappa shape index (κ2) is 5.04. The zero-order valence-corrected chi connectivity index (χ0v) is 8.40. The molecular formula is C11H14S. The van der Waals surface area contributed by atoms with Gasteiger partial charge in [0.25, 0.3) is 0 Å².